The molecule has 2 aliphatic rings. The highest BCUT2D eigenvalue weighted by Gasteiger charge is 2.38. The summed E-state index contributed by atoms with van der Waals surface area (Å²) < 4.78 is 0.350. The maximum atomic E-state index is 11.6. The number of rotatable bonds is 3. The summed E-state index contributed by atoms with van der Waals surface area (Å²) in [6, 6.07) is 0. The summed E-state index contributed by atoms with van der Waals surface area (Å²) in [5.41, 5.74) is -0.0459. The number of hydrogen-bond acceptors (Lipinski definition) is 3. The monoisotopic (exact) mass is 269 g/mol. The molecular weight excluding hydrogens is 242 g/mol. The van der Waals surface area contributed by atoms with Gasteiger partial charge in [-0.3, -0.25) is 0 Å². The van der Waals surface area contributed by atoms with Crippen LogP contribution in [0.1, 0.15) is 46.5 Å². The van der Waals surface area contributed by atoms with Crippen LogP contribution < -0.4 is 0 Å². The van der Waals surface area contributed by atoms with Gasteiger partial charge in [-0.2, -0.15) is 11.8 Å². The molecule has 1 heterocycles. The molecule has 104 valence electrons. The van der Waals surface area contributed by atoms with Crippen molar-refractivity contribution in [3.8, 4) is 0 Å². The van der Waals surface area contributed by atoms with E-state index >= 15 is 0 Å². The smallest absolute Gasteiger partial charge is 0.127 e. The van der Waals surface area contributed by atoms with E-state index in [2.05, 4.69) is 37.4 Å². The Balaban J connectivity index is 1.99. The van der Waals surface area contributed by atoms with Crippen molar-refractivity contribution in [2.24, 2.45) is 11.3 Å². The SMILES string of the molecule is CC1CCCC(C=O)(CN2CCSC(C)(C)C2)C1. The number of carbonyl (C=O) groups excluding carboxylic acids is 1. The third kappa shape index (κ3) is 3.51. The van der Waals surface area contributed by atoms with Crippen LogP contribution in [-0.2, 0) is 4.79 Å². The van der Waals surface area contributed by atoms with Gasteiger partial charge in [-0.15, -0.1) is 0 Å². The topological polar surface area (TPSA) is 20.3 Å². The standard InChI is InChI=1S/C15H27NOS/c1-13-5-4-6-15(9-13,12-17)11-16-7-8-18-14(2,3)10-16/h12-13H,4-11H2,1-3H3. The molecule has 0 aromatic carbocycles. The quantitative estimate of drug-likeness (QED) is 0.734. The Kier molecular flexibility index (Phi) is 4.43. The first-order valence-electron chi connectivity index (χ1n) is 7.27. The minimum Gasteiger partial charge on any atom is -0.303 e. The second kappa shape index (κ2) is 5.54. The molecule has 3 heteroatoms. The lowest BCUT2D eigenvalue weighted by molar-refractivity contribution is -0.120. The first kappa shape index (κ1) is 14.4. The average Bonchev–Trinajstić information content (AvgIpc) is 2.27. The molecule has 0 aromatic heterocycles. The number of thioether (sulfide) groups is 1. The molecule has 2 rings (SSSR count). The van der Waals surface area contributed by atoms with Crippen LogP contribution in [0, 0.1) is 11.3 Å². The highest BCUT2D eigenvalue weighted by atomic mass is 32.2. The predicted octanol–water partition coefficient (Wildman–Crippen LogP) is 3.21. The molecule has 0 spiro atoms. The molecule has 1 aliphatic heterocycles. The Morgan fingerprint density at radius 1 is 1.44 bits per heavy atom. The molecular formula is C15H27NOS. The molecule has 2 atom stereocenters. The molecule has 0 radical (unpaired) electrons. The maximum absolute atomic E-state index is 11.6. The average molecular weight is 269 g/mol. The van der Waals surface area contributed by atoms with Gasteiger partial charge in [-0.25, -0.2) is 0 Å². The lowest BCUT2D eigenvalue weighted by atomic mass is 9.70. The van der Waals surface area contributed by atoms with Gasteiger partial charge in [0.1, 0.15) is 6.29 Å². The molecule has 18 heavy (non-hydrogen) atoms. The Labute approximate surface area is 116 Å². The summed E-state index contributed by atoms with van der Waals surface area (Å²) in [6.45, 7) is 10.2. The normalized spacial score (nSPS) is 37.4. The van der Waals surface area contributed by atoms with Gasteiger partial charge in [0.25, 0.3) is 0 Å². The maximum Gasteiger partial charge on any atom is 0.127 e. The first-order valence-corrected chi connectivity index (χ1v) is 8.26. The fourth-order valence-corrected chi connectivity index (χ4v) is 4.86. The van der Waals surface area contributed by atoms with Crippen molar-refractivity contribution >= 4 is 18.0 Å². The zero-order chi connectivity index (χ0) is 13.2. The van der Waals surface area contributed by atoms with E-state index in [1.807, 2.05) is 0 Å². The Bertz CT molecular complexity index is 305. The minimum absolute atomic E-state index is 0.0459. The van der Waals surface area contributed by atoms with Crippen molar-refractivity contribution in [3.63, 3.8) is 0 Å². The van der Waals surface area contributed by atoms with Gasteiger partial charge in [0.05, 0.1) is 0 Å². The third-order valence-electron chi connectivity index (χ3n) is 4.42. The lowest BCUT2D eigenvalue weighted by Gasteiger charge is -2.44. The summed E-state index contributed by atoms with van der Waals surface area (Å²) >= 11 is 2.06. The van der Waals surface area contributed by atoms with Gasteiger partial charge in [0.2, 0.25) is 0 Å². The van der Waals surface area contributed by atoms with E-state index in [-0.39, 0.29) is 5.41 Å². The highest BCUT2D eigenvalue weighted by molar-refractivity contribution is 8.00. The number of hydrogen-bond donors (Lipinski definition) is 0. The Morgan fingerprint density at radius 2 is 2.22 bits per heavy atom. The molecule has 2 fully saturated rings. The summed E-state index contributed by atoms with van der Waals surface area (Å²) in [4.78, 5) is 14.2. The van der Waals surface area contributed by atoms with Gasteiger partial charge in [-0.05, 0) is 32.6 Å². The summed E-state index contributed by atoms with van der Waals surface area (Å²) in [5, 5.41) is 0. The zero-order valence-electron chi connectivity index (χ0n) is 12.1. The molecule has 1 saturated carbocycles. The molecule has 1 aliphatic carbocycles. The Hall–Kier alpha value is -0.0200. The summed E-state index contributed by atoms with van der Waals surface area (Å²) in [6.07, 6.45) is 6.01. The van der Waals surface area contributed by atoms with Crippen LogP contribution >= 0.6 is 11.8 Å². The van der Waals surface area contributed by atoms with E-state index in [1.165, 1.54) is 24.9 Å². The largest absolute Gasteiger partial charge is 0.303 e. The minimum atomic E-state index is -0.0459. The first-order chi connectivity index (χ1) is 8.45. The van der Waals surface area contributed by atoms with Crippen LogP contribution in [0.4, 0.5) is 0 Å². The van der Waals surface area contributed by atoms with Crippen LogP contribution in [0.3, 0.4) is 0 Å². The molecule has 1 saturated heterocycles. The van der Waals surface area contributed by atoms with Crippen molar-refractivity contribution < 1.29 is 4.79 Å². The number of aldehydes is 1. The van der Waals surface area contributed by atoms with Gasteiger partial charge in [0.15, 0.2) is 0 Å². The van der Waals surface area contributed by atoms with E-state index < -0.39 is 0 Å². The lowest BCUT2D eigenvalue weighted by Crippen LogP contribution is -2.49. The molecule has 0 amide bonds. The number of carbonyl (C=O) groups is 1. The second-order valence-corrected chi connectivity index (χ2v) is 8.80. The second-order valence-electron chi connectivity index (χ2n) is 7.00. The molecule has 2 unspecified atom stereocenters. The van der Waals surface area contributed by atoms with E-state index in [9.17, 15) is 4.79 Å². The van der Waals surface area contributed by atoms with Crippen molar-refractivity contribution in [2.45, 2.75) is 51.2 Å². The molecule has 2 nitrogen and oxygen atoms in total. The van der Waals surface area contributed by atoms with E-state index in [1.54, 1.807) is 0 Å². The van der Waals surface area contributed by atoms with Gasteiger partial charge in [-0.1, -0.05) is 19.8 Å². The van der Waals surface area contributed by atoms with Gasteiger partial charge < -0.3 is 9.69 Å². The van der Waals surface area contributed by atoms with E-state index in [0.717, 1.165) is 38.4 Å². The van der Waals surface area contributed by atoms with Crippen LogP contribution in [0.5, 0.6) is 0 Å². The van der Waals surface area contributed by atoms with Crippen LogP contribution in [0.15, 0.2) is 0 Å². The van der Waals surface area contributed by atoms with E-state index in [0.29, 0.717) is 4.75 Å². The van der Waals surface area contributed by atoms with Gasteiger partial charge >= 0.3 is 0 Å². The fraction of sp³-hybridized carbons (Fsp3) is 0.933. The molecule has 0 N–H and O–H groups in total. The summed E-state index contributed by atoms with van der Waals surface area (Å²) in [7, 11) is 0. The predicted molar refractivity (Wildman–Crippen MR) is 79.1 cm³/mol. The molecule has 0 aromatic rings. The van der Waals surface area contributed by atoms with Gasteiger partial charge in [0, 0.05) is 35.5 Å². The van der Waals surface area contributed by atoms with Crippen LogP contribution in [0.25, 0.3) is 0 Å². The fourth-order valence-electron chi connectivity index (χ4n) is 3.68. The van der Waals surface area contributed by atoms with Crippen LogP contribution in [0.2, 0.25) is 0 Å². The van der Waals surface area contributed by atoms with E-state index in [4.69, 9.17) is 0 Å². The Morgan fingerprint density at radius 3 is 2.83 bits per heavy atom. The van der Waals surface area contributed by atoms with Crippen molar-refractivity contribution in [3.05, 3.63) is 0 Å². The molecule has 0 bridgehead atoms. The van der Waals surface area contributed by atoms with Crippen molar-refractivity contribution in [2.75, 3.05) is 25.4 Å². The highest BCUT2D eigenvalue weighted by Crippen LogP contribution is 2.40. The summed E-state index contributed by atoms with van der Waals surface area (Å²) in [5.74, 6) is 1.92. The van der Waals surface area contributed by atoms with Crippen molar-refractivity contribution in [1.82, 2.24) is 4.90 Å². The number of nitrogens with zero attached hydrogens (tertiary/aromatic N) is 1. The third-order valence-corrected chi connectivity index (χ3v) is 5.72. The van der Waals surface area contributed by atoms with Crippen molar-refractivity contribution in [1.29, 1.82) is 0 Å². The zero-order valence-corrected chi connectivity index (χ0v) is 12.9. The van der Waals surface area contributed by atoms with Crippen LogP contribution in [-0.4, -0.2) is 41.3 Å².